The Labute approximate surface area is 82.6 Å². The first-order valence-corrected chi connectivity index (χ1v) is 5.14. The van der Waals surface area contributed by atoms with Gasteiger partial charge in [0.15, 0.2) is 0 Å². The molecule has 3 N–H and O–H groups in total. The largest absolute Gasteiger partial charge is 0.353 e. The Morgan fingerprint density at radius 3 is 2.79 bits per heavy atom. The highest BCUT2D eigenvalue weighted by Crippen LogP contribution is 2.09. The molecule has 2 aliphatic rings. The summed E-state index contributed by atoms with van der Waals surface area (Å²) < 4.78 is 12.7. The summed E-state index contributed by atoms with van der Waals surface area (Å²) in [6.07, 6.45) is 0.673. The lowest BCUT2D eigenvalue weighted by Gasteiger charge is -2.26. The maximum Gasteiger partial charge on any atom is 0.237 e. The summed E-state index contributed by atoms with van der Waals surface area (Å²) in [5.41, 5.74) is 0. The molecule has 2 fully saturated rings. The van der Waals surface area contributed by atoms with Crippen molar-refractivity contribution in [3.05, 3.63) is 0 Å². The van der Waals surface area contributed by atoms with Crippen LogP contribution < -0.4 is 16.0 Å². The third-order valence-electron chi connectivity index (χ3n) is 2.83. The number of hydrogen-bond donors (Lipinski definition) is 3. The van der Waals surface area contributed by atoms with Gasteiger partial charge in [-0.25, -0.2) is 4.39 Å². The number of rotatable bonds is 3. The van der Waals surface area contributed by atoms with Gasteiger partial charge in [0, 0.05) is 19.1 Å². The molecule has 14 heavy (non-hydrogen) atoms. The minimum Gasteiger partial charge on any atom is -0.353 e. The first kappa shape index (κ1) is 9.86. The average Bonchev–Trinajstić information content (AvgIpc) is 2.45. The van der Waals surface area contributed by atoms with Crippen molar-refractivity contribution >= 4 is 5.91 Å². The molecule has 2 rings (SSSR count). The zero-order valence-electron chi connectivity index (χ0n) is 8.05. The van der Waals surface area contributed by atoms with Crippen molar-refractivity contribution in [1.82, 2.24) is 16.0 Å². The fourth-order valence-electron chi connectivity index (χ4n) is 1.78. The van der Waals surface area contributed by atoms with E-state index in [1.54, 1.807) is 0 Å². The SMILES string of the molecule is O=C(NC[C@@H]1C[C@H](F)CN1)[C@H]1CCN1. The fraction of sp³-hybridized carbons (Fsp3) is 0.889. The van der Waals surface area contributed by atoms with Crippen molar-refractivity contribution in [2.45, 2.75) is 31.1 Å². The topological polar surface area (TPSA) is 53.2 Å². The van der Waals surface area contributed by atoms with Gasteiger partial charge in [0.1, 0.15) is 6.17 Å². The minimum atomic E-state index is -0.751. The quantitative estimate of drug-likeness (QED) is 0.558. The van der Waals surface area contributed by atoms with Crippen LogP contribution in [0.4, 0.5) is 4.39 Å². The Kier molecular flexibility index (Phi) is 2.98. The van der Waals surface area contributed by atoms with Crippen molar-refractivity contribution in [1.29, 1.82) is 0 Å². The maximum absolute atomic E-state index is 12.7. The van der Waals surface area contributed by atoms with Crippen LogP contribution in [0.25, 0.3) is 0 Å². The number of carbonyl (C=O) groups is 1. The highest BCUT2D eigenvalue weighted by molar-refractivity contribution is 5.82. The van der Waals surface area contributed by atoms with E-state index in [2.05, 4.69) is 16.0 Å². The Morgan fingerprint density at radius 1 is 1.50 bits per heavy atom. The number of alkyl halides is 1. The van der Waals surface area contributed by atoms with Crippen LogP contribution in [-0.4, -0.2) is 43.8 Å². The second-order valence-electron chi connectivity index (χ2n) is 3.98. The van der Waals surface area contributed by atoms with Crippen LogP contribution in [0.2, 0.25) is 0 Å². The van der Waals surface area contributed by atoms with Crippen LogP contribution in [0.15, 0.2) is 0 Å². The number of nitrogens with one attached hydrogen (secondary N) is 3. The summed E-state index contributed by atoms with van der Waals surface area (Å²) in [7, 11) is 0. The van der Waals surface area contributed by atoms with E-state index in [1.165, 1.54) is 0 Å². The van der Waals surface area contributed by atoms with Crippen LogP contribution in [0, 0.1) is 0 Å². The van der Waals surface area contributed by atoms with E-state index in [1.807, 2.05) is 0 Å². The van der Waals surface area contributed by atoms with Gasteiger partial charge in [-0.1, -0.05) is 0 Å². The van der Waals surface area contributed by atoms with Crippen molar-refractivity contribution in [3.63, 3.8) is 0 Å². The van der Waals surface area contributed by atoms with Gasteiger partial charge in [-0.05, 0) is 19.4 Å². The molecular formula is C9H16FN3O. The summed E-state index contributed by atoms with van der Waals surface area (Å²) >= 11 is 0. The van der Waals surface area contributed by atoms with Gasteiger partial charge < -0.3 is 16.0 Å². The first-order chi connectivity index (χ1) is 6.75. The van der Waals surface area contributed by atoms with Crippen LogP contribution >= 0.6 is 0 Å². The predicted octanol–water partition coefficient (Wildman–Crippen LogP) is -0.835. The third kappa shape index (κ3) is 2.22. The molecule has 0 unspecified atom stereocenters. The molecule has 0 spiro atoms. The molecule has 2 heterocycles. The van der Waals surface area contributed by atoms with Gasteiger partial charge in [0.05, 0.1) is 6.04 Å². The van der Waals surface area contributed by atoms with E-state index in [0.29, 0.717) is 19.5 Å². The lowest BCUT2D eigenvalue weighted by molar-refractivity contribution is -0.124. The molecule has 0 radical (unpaired) electrons. The number of amides is 1. The van der Waals surface area contributed by atoms with Crippen LogP contribution in [0.5, 0.6) is 0 Å². The minimum absolute atomic E-state index is 0.0161. The summed E-state index contributed by atoms with van der Waals surface area (Å²) in [6.45, 7) is 1.88. The first-order valence-electron chi connectivity index (χ1n) is 5.14. The van der Waals surface area contributed by atoms with Crippen LogP contribution in [0.3, 0.4) is 0 Å². The van der Waals surface area contributed by atoms with E-state index < -0.39 is 6.17 Å². The predicted molar refractivity (Wildman–Crippen MR) is 50.7 cm³/mol. The lowest BCUT2D eigenvalue weighted by Crippen LogP contribution is -2.54. The molecule has 0 aromatic rings. The molecule has 0 aliphatic carbocycles. The number of carbonyl (C=O) groups excluding carboxylic acids is 1. The lowest BCUT2D eigenvalue weighted by atomic mass is 10.1. The second kappa shape index (κ2) is 4.23. The molecule has 4 nitrogen and oxygen atoms in total. The van der Waals surface area contributed by atoms with Crippen molar-refractivity contribution in [2.24, 2.45) is 0 Å². The second-order valence-corrected chi connectivity index (χ2v) is 3.98. The van der Waals surface area contributed by atoms with Gasteiger partial charge in [0.2, 0.25) is 5.91 Å². The zero-order chi connectivity index (χ0) is 9.97. The molecule has 0 bridgehead atoms. The summed E-state index contributed by atoms with van der Waals surface area (Å²) in [5.74, 6) is 0.0420. The molecule has 0 aromatic carbocycles. The maximum atomic E-state index is 12.7. The van der Waals surface area contributed by atoms with Crippen molar-refractivity contribution in [2.75, 3.05) is 19.6 Å². The Bertz CT molecular complexity index is 220. The molecule has 2 aliphatic heterocycles. The van der Waals surface area contributed by atoms with E-state index in [-0.39, 0.29) is 18.0 Å². The normalized spacial score (nSPS) is 36.5. The van der Waals surface area contributed by atoms with Crippen molar-refractivity contribution in [3.8, 4) is 0 Å². The molecule has 1 amide bonds. The molecule has 3 atom stereocenters. The molecule has 0 saturated carbocycles. The Morgan fingerprint density at radius 2 is 2.29 bits per heavy atom. The summed E-state index contributed by atoms with van der Waals surface area (Å²) in [4.78, 5) is 11.4. The third-order valence-corrected chi connectivity index (χ3v) is 2.83. The zero-order valence-corrected chi connectivity index (χ0v) is 8.05. The monoisotopic (exact) mass is 201 g/mol. The van der Waals surface area contributed by atoms with Crippen LogP contribution in [0.1, 0.15) is 12.8 Å². The van der Waals surface area contributed by atoms with E-state index in [4.69, 9.17) is 0 Å². The number of halogens is 1. The molecule has 80 valence electrons. The summed E-state index contributed by atoms with van der Waals surface area (Å²) in [5, 5.41) is 8.87. The Hall–Kier alpha value is -0.680. The van der Waals surface area contributed by atoms with Gasteiger partial charge in [-0.2, -0.15) is 0 Å². The standard InChI is InChI=1S/C9H16FN3O/c10-6-3-7(12-4-6)5-13-9(14)8-1-2-11-8/h6-8,11-12H,1-5H2,(H,13,14)/t6-,7-,8+/m0/s1. The van der Waals surface area contributed by atoms with Crippen LogP contribution in [-0.2, 0) is 4.79 Å². The fourth-order valence-corrected chi connectivity index (χ4v) is 1.78. The smallest absolute Gasteiger partial charge is 0.237 e. The highest BCUT2D eigenvalue weighted by atomic mass is 19.1. The van der Waals surface area contributed by atoms with E-state index in [0.717, 1.165) is 13.0 Å². The van der Waals surface area contributed by atoms with E-state index >= 15 is 0 Å². The molecule has 2 saturated heterocycles. The average molecular weight is 201 g/mol. The molecular weight excluding hydrogens is 185 g/mol. The van der Waals surface area contributed by atoms with E-state index in [9.17, 15) is 9.18 Å². The van der Waals surface area contributed by atoms with Gasteiger partial charge in [-0.15, -0.1) is 0 Å². The van der Waals surface area contributed by atoms with Gasteiger partial charge >= 0.3 is 0 Å². The molecule has 0 aromatic heterocycles. The Balaban J connectivity index is 1.64. The molecule has 5 heteroatoms. The summed E-state index contributed by atoms with van der Waals surface area (Å²) in [6, 6.07) is 0.0894. The number of hydrogen-bond acceptors (Lipinski definition) is 3. The highest BCUT2D eigenvalue weighted by Gasteiger charge is 2.27. The van der Waals surface area contributed by atoms with Gasteiger partial charge in [0.25, 0.3) is 0 Å². The van der Waals surface area contributed by atoms with Gasteiger partial charge in [-0.3, -0.25) is 4.79 Å². The van der Waals surface area contributed by atoms with Crippen molar-refractivity contribution < 1.29 is 9.18 Å².